The number of carbonyl (C=O) groups excluding carboxylic acids is 1. The summed E-state index contributed by atoms with van der Waals surface area (Å²) < 4.78 is 15.6. The van der Waals surface area contributed by atoms with Crippen LogP contribution in [0.3, 0.4) is 0 Å². The fourth-order valence-corrected chi connectivity index (χ4v) is 4.69. The van der Waals surface area contributed by atoms with Crippen molar-refractivity contribution in [3.8, 4) is 11.1 Å². The highest BCUT2D eigenvalue weighted by atomic mass is 32.2. The van der Waals surface area contributed by atoms with Crippen LogP contribution >= 0.6 is 11.8 Å². The first-order chi connectivity index (χ1) is 15.0. The molecule has 0 radical (unpaired) electrons. The number of carboxylic acids is 1. The summed E-state index contributed by atoms with van der Waals surface area (Å²) in [6.45, 7) is 0.143. The van der Waals surface area contributed by atoms with Gasteiger partial charge in [-0.2, -0.15) is 11.8 Å². The molecule has 166 valence electrons. The molecule has 1 unspecified atom stereocenters. The molecule has 2 aromatic rings. The van der Waals surface area contributed by atoms with Crippen LogP contribution in [0.5, 0.6) is 0 Å². The minimum atomic E-state index is -1.09. The van der Waals surface area contributed by atoms with E-state index in [9.17, 15) is 14.7 Å². The molecule has 1 amide bonds. The van der Waals surface area contributed by atoms with E-state index in [0.717, 1.165) is 22.3 Å². The van der Waals surface area contributed by atoms with Crippen LogP contribution in [0.25, 0.3) is 11.1 Å². The molecule has 0 aromatic heterocycles. The molecule has 2 N–H and O–H groups in total. The topological polar surface area (TPSA) is 94.1 Å². The van der Waals surface area contributed by atoms with Crippen LogP contribution in [-0.2, 0) is 19.0 Å². The minimum Gasteiger partial charge on any atom is -0.480 e. The average Bonchev–Trinajstić information content (AvgIpc) is 3.10. The summed E-state index contributed by atoms with van der Waals surface area (Å²) in [5, 5.41) is 11.9. The number of hydrogen-bond acceptors (Lipinski definition) is 6. The van der Waals surface area contributed by atoms with E-state index < -0.39 is 18.1 Å². The Labute approximate surface area is 186 Å². The molecule has 0 heterocycles. The zero-order valence-electron chi connectivity index (χ0n) is 17.6. The molecular formula is C23H27NO6S. The van der Waals surface area contributed by atoms with E-state index in [4.69, 9.17) is 14.2 Å². The third-order valence-electron chi connectivity index (χ3n) is 5.26. The molecule has 31 heavy (non-hydrogen) atoms. The van der Waals surface area contributed by atoms with E-state index >= 15 is 0 Å². The lowest BCUT2D eigenvalue weighted by atomic mass is 9.98. The van der Waals surface area contributed by atoms with Crippen molar-refractivity contribution in [1.29, 1.82) is 0 Å². The van der Waals surface area contributed by atoms with Crippen LogP contribution in [0.2, 0.25) is 0 Å². The Hall–Kier alpha value is -2.55. The number of amides is 1. The number of rotatable bonds is 11. The van der Waals surface area contributed by atoms with Crippen molar-refractivity contribution in [1.82, 2.24) is 5.32 Å². The average molecular weight is 446 g/mol. The predicted molar refractivity (Wildman–Crippen MR) is 119 cm³/mol. The molecule has 1 atom stereocenters. The first-order valence-corrected chi connectivity index (χ1v) is 11.2. The van der Waals surface area contributed by atoms with Gasteiger partial charge in [-0.05, 0) is 34.4 Å². The molecule has 0 bridgehead atoms. The summed E-state index contributed by atoms with van der Waals surface area (Å²) in [4.78, 5) is 23.9. The van der Waals surface area contributed by atoms with Gasteiger partial charge in [0, 0.05) is 25.9 Å². The molecule has 0 aliphatic heterocycles. The van der Waals surface area contributed by atoms with Crippen molar-refractivity contribution in [2.75, 3.05) is 32.3 Å². The number of alkyl carbamates (subject to hydrolysis) is 1. The lowest BCUT2D eigenvalue weighted by Crippen LogP contribution is -2.41. The van der Waals surface area contributed by atoms with Crippen LogP contribution in [0.15, 0.2) is 48.5 Å². The summed E-state index contributed by atoms with van der Waals surface area (Å²) in [6, 6.07) is 15.1. The number of benzene rings is 2. The highest BCUT2D eigenvalue weighted by molar-refractivity contribution is 7.99. The van der Waals surface area contributed by atoms with Gasteiger partial charge in [0.15, 0.2) is 6.29 Å². The van der Waals surface area contributed by atoms with E-state index in [2.05, 4.69) is 17.4 Å². The Bertz CT molecular complexity index is 856. The molecule has 0 fully saturated rings. The van der Waals surface area contributed by atoms with E-state index in [1.165, 1.54) is 11.8 Å². The third kappa shape index (κ3) is 5.78. The SMILES string of the molecule is COC(CSCCC(NC(=O)OCC1c2ccccc2-c2ccccc21)C(=O)O)OC. The number of methoxy groups -OCH3 is 2. The van der Waals surface area contributed by atoms with E-state index in [1.807, 2.05) is 36.4 Å². The lowest BCUT2D eigenvalue weighted by molar-refractivity contribution is -0.139. The van der Waals surface area contributed by atoms with E-state index in [0.29, 0.717) is 11.5 Å². The molecule has 0 saturated heterocycles. The largest absolute Gasteiger partial charge is 0.480 e. The van der Waals surface area contributed by atoms with Gasteiger partial charge in [-0.3, -0.25) is 0 Å². The number of carboxylic acid groups (broad SMARTS) is 1. The monoisotopic (exact) mass is 445 g/mol. The number of aliphatic carboxylic acids is 1. The number of fused-ring (bicyclic) bond motifs is 3. The number of nitrogens with one attached hydrogen (secondary N) is 1. The summed E-state index contributed by atoms with van der Waals surface area (Å²) in [5.41, 5.74) is 4.48. The fraction of sp³-hybridized carbons (Fsp3) is 0.391. The van der Waals surface area contributed by atoms with Gasteiger partial charge in [0.05, 0.1) is 0 Å². The smallest absolute Gasteiger partial charge is 0.407 e. The molecule has 0 saturated carbocycles. The Morgan fingerprint density at radius 3 is 2.16 bits per heavy atom. The van der Waals surface area contributed by atoms with Crippen molar-refractivity contribution in [2.24, 2.45) is 0 Å². The van der Waals surface area contributed by atoms with E-state index in [1.54, 1.807) is 14.2 Å². The Kier molecular flexibility index (Phi) is 8.34. The second-order valence-corrected chi connectivity index (χ2v) is 8.28. The lowest BCUT2D eigenvalue weighted by Gasteiger charge is -2.18. The molecule has 0 spiro atoms. The molecule has 1 aliphatic carbocycles. The van der Waals surface area contributed by atoms with Gasteiger partial charge >= 0.3 is 12.1 Å². The van der Waals surface area contributed by atoms with Gasteiger partial charge in [0.1, 0.15) is 12.6 Å². The molecule has 3 rings (SSSR count). The first-order valence-electron chi connectivity index (χ1n) is 10.0. The quantitative estimate of drug-likeness (QED) is 0.402. The summed E-state index contributed by atoms with van der Waals surface area (Å²) in [6.07, 6.45) is -0.807. The van der Waals surface area contributed by atoms with Crippen molar-refractivity contribution < 1.29 is 28.9 Å². The molecule has 7 nitrogen and oxygen atoms in total. The number of thioether (sulfide) groups is 1. The predicted octanol–water partition coefficient (Wildman–Crippen LogP) is 3.72. The molecule has 8 heteroatoms. The minimum absolute atomic E-state index is 0.0722. The van der Waals surface area contributed by atoms with Gasteiger partial charge in [0.2, 0.25) is 0 Å². The summed E-state index contributed by atoms with van der Waals surface area (Å²) >= 11 is 1.50. The zero-order valence-corrected chi connectivity index (χ0v) is 18.4. The van der Waals surface area contributed by atoms with Gasteiger partial charge in [-0.15, -0.1) is 0 Å². The highest BCUT2D eigenvalue weighted by Gasteiger charge is 2.29. The van der Waals surface area contributed by atoms with Crippen LogP contribution in [0, 0.1) is 0 Å². The van der Waals surface area contributed by atoms with Crippen LogP contribution in [-0.4, -0.2) is 61.8 Å². The molecule has 2 aromatic carbocycles. The second kappa shape index (κ2) is 11.2. The second-order valence-electron chi connectivity index (χ2n) is 7.13. The Morgan fingerprint density at radius 2 is 1.61 bits per heavy atom. The van der Waals surface area contributed by atoms with Crippen LogP contribution in [0.4, 0.5) is 4.79 Å². The van der Waals surface area contributed by atoms with E-state index in [-0.39, 0.29) is 25.2 Å². The van der Waals surface area contributed by atoms with Crippen molar-refractivity contribution in [3.63, 3.8) is 0 Å². The van der Waals surface area contributed by atoms with Gasteiger partial charge in [0.25, 0.3) is 0 Å². The van der Waals surface area contributed by atoms with Crippen molar-refractivity contribution in [2.45, 2.75) is 24.7 Å². The molecule has 1 aliphatic rings. The van der Waals surface area contributed by atoms with Gasteiger partial charge in [-0.25, -0.2) is 9.59 Å². The van der Waals surface area contributed by atoms with Gasteiger partial charge < -0.3 is 24.6 Å². The Morgan fingerprint density at radius 1 is 1.03 bits per heavy atom. The summed E-state index contributed by atoms with van der Waals surface area (Å²) in [5.74, 6) is -0.0603. The van der Waals surface area contributed by atoms with Crippen LogP contribution in [0.1, 0.15) is 23.5 Å². The maximum atomic E-state index is 12.3. The normalized spacial score (nSPS) is 13.5. The van der Waals surface area contributed by atoms with Gasteiger partial charge in [-0.1, -0.05) is 48.5 Å². The maximum Gasteiger partial charge on any atom is 0.407 e. The first kappa shape index (κ1) is 23.1. The number of ether oxygens (including phenoxy) is 3. The van der Waals surface area contributed by atoms with Crippen molar-refractivity contribution >= 4 is 23.8 Å². The standard InChI is InChI=1S/C23H27NO6S/c1-28-21(29-2)14-31-12-11-20(22(25)26)24-23(27)30-13-19-17-9-5-3-7-15(17)16-8-4-6-10-18(16)19/h3-10,19-21H,11-14H2,1-2H3,(H,24,27)(H,25,26). The summed E-state index contributed by atoms with van der Waals surface area (Å²) in [7, 11) is 3.10. The number of hydrogen-bond donors (Lipinski definition) is 2. The Balaban J connectivity index is 1.53. The van der Waals surface area contributed by atoms with Crippen LogP contribution < -0.4 is 5.32 Å². The maximum absolute atomic E-state index is 12.3. The van der Waals surface area contributed by atoms with Crippen molar-refractivity contribution in [3.05, 3.63) is 59.7 Å². The third-order valence-corrected chi connectivity index (χ3v) is 6.30. The fourth-order valence-electron chi connectivity index (χ4n) is 3.65. The zero-order chi connectivity index (χ0) is 22.2. The molecular weight excluding hydrogens is 418 g/mol. The highest BCUT2D eigenvalue weighted by Crippen LogP contribution is 2.44. The number of carbonyl (C=O) groups is 2.